The second kappa shape index (κ2) is 6.17. The molecule has 1 aromatic rings. The Hall–Kier alpha value is -1.71. The second-order valence-corrected chi connectivity index (χ2v) is 9.22. The summed E-state index contributed by atoms with van der Waals surface area (Å²) in [6, 6.07) is 6.12. The molecule has 1 heterocycles. The lowest BCUT2D eigenvalue weighted by atomic mass is 9.48. The zero-order chi connectivity index (χ0) is 17.7. The van der Waals surface area contributed by atoms with Crippen molar-refractivity contribution < 1.29 is 14.3 Å². The molecule has 4 saturated carbocycles. The van der Waals surface area contributed by atoms with Crippen molar-refractivity contribution in [1.29, 1.82) is 0 Å². The van der Waals surface area contributed by atoms with Crippen molar-refractivity contribution in [3.63, 3.8) is 0 Å². The Labute approximate surface area is 155 Å². The fourth-order valence-electron chi connectivity index (χ4n) is 6.54. The first kappa shape index (κ1) is 16.5. The van der Waals surface area contributed by atoms with E-state index in [1.165, 1.54) is 38.5 Å². The molecule has 26 heavy (non-hydrogen) atoms. The fraction of sp³-hybridized carbons (Fsp3) is 0.682. The number of carbonyl (C=O) groups excluding carboxylic acids is 1. The van der Waals surface area contributed by atoms with Gasteiger partial charge in [-0.3, -0.25) is 4.79 Å². The van der Waals surface area contributed by atoms with Crippen LogP contribution < -0.4 is 14.8 Å². The van der Waals surface area contributed by atoms with E-state index >= 15 is 0 Å². The molecule has 1 unspecified atom stereocenters. The summed E-state index contributed by atoms with van der Waals surface area (Å²) in [7, 11) is 0. The molecule has 4 bridgehead atoms. The number of carbonyl (C=O) groups is 1. The highest BCUT2D eigenvalue weighted by molar-refractivity contribution is 5.79. The molecule has 4 nitrogen and oxygen atoms in total. The van der Waals surface area contributed by atoms with Crippen LogP contribution >= 0.6 is 0 Å². The molecule has 4 fully saturated rings. The van der Waals surface area contributed by atoms with Gasteiger partial charge in [0.25, 0.3) is 0 Å². The minimum Gasteiger partial charge on any atom is -0.486 e. The number of fused-ring (bicyclic) bond motifs is 1. The lowest BCUT2D eigenvalue weighted by Crippen LogP contribution is -2.56. The summed E-state index contributed by atoms with van der Waals surface area (Å²) in [5.41, 5.74) is 1.35. The Balaban J connectivity index is 1.24. The zero-order valence-electron chi connectivity index (χ0n) is 15.6. The average Bonchev–Trinajstić information content (AvgIpc) is 2.60. The maximum Gasteiger partial charge on any atom is 0.224 e. The molecule has 0 spiro atoms. The van der Waals surface area contributed by atoms with E-state index in [1.54, 1.807) is 0 Å². The van der Waals surface area contributed by atoms with Crippen molar-refractivity contribution in [3.8, 4) is 11.5 Å². The quantitative estimate of drug-likeness (QED) is 0.895. The van der Waals surface area contributed by atoms with Gasteiger partial charge in [0.2, 0.25) is 5.91 Å². The Morgan fingerprint density at radius 1 is 1.08 bits per heavy atom. The van der Waals surface area contributed by atoms with Crippen LogP contribution in [0.5, 0.6) is 11.5 Å². The van der Waals surface area contributed by atoms with E-state index in [4.69, 9.17) is 9.47 Å². The van der Waals surface area contributed by atoms with Crippen molar-refractivity contribution in [3.05, 3.63) is 23.8 Å². The van der Waals surface area contributed by atoms with Crippen LogP contribution in [0.15, 0.2) is 18.2 Å². The van der Waals surface area contributed by atoms with Gasteiger partial charge in [-0.1, -0.05) is 6.07 Å². The Morgan fingerprint density at radius 3 is 2.35 bits per heavy atom. The standard InChI is InChI=1S/C22H29NO3/c1-14(22-11-16-6-17(12-22)8-18(7-16)13-22)23-21(24)10-15-2-3-19-20(9-15)26-5-4-25-19/h2-3,9,14,16-18H,4-8,10-13H2,1H3,(H,23,24). The van der Waals surface area contributed by atoms with Gasteiger partial charge in [-0.25, -0.2) is 0 Å². The van der Waals surface area contributed by atoms with Crippen LogP contribution in [0.1, 0.15) is 51.0 Å². The molecule has 1 aromatic carbocycles. The van der Waals surface area contributed by atoms with Crippen molar-refractivity contribution in [2.45, 2.75) is 57.9 Å². The van der Waals surface area contributed by atoms with Crippen molar-refractivity contribution in [2.24, 2.45) is 23.2 Å². The number of nitrogens with one attached hydrogen (secondary N) is 1. The number of amides is 1. The van der Waals surface area contributed by atoms with Gasteiger partial charge in [-0.05, 0) is 86.3 Å². The minimum atomic E-state index is 0.130. The number of ether oxygens (including phenoxy) is 2. The van der Waals surface area contributed by atoms with Crippen molar-refractivity contribution in [2.75, 3.05) is 13.2 Å². The first-order valence-electron chi connectivity index (χ1n) is 10.3. The lowest BCUT2D eigenvalue weighted by Gasteiger charge is -2.59. The molecule has 1 aliphatic heterocycles. The van der Waals surface area contributed by atoms with Crippen LogP contribution in [0.2, 0.25) is 0 Å². The summed E-state index contributed by atoms with van der Waals surface area (Å²) in [4.78, 5) is 12.7. The summed E-state index contributed by atoms with van der Waals surface area (Å²) in [5.74, 6) is 4.41. The molecular formula is C22H29NO3. The second-order valence-electron chi connectivity index (χ2n) is 9.22. The molecule has 0 aromatic heterocycles. The van der Waals surface area contributed by atoms with Gasteiger partial charge in [-0.2, -0.15) is 0 Å². The van der Waals surface area contributed by atoms with Gasteiger partial charge in [0.1, 0.15) is 13.2 Å². The topological polar surface area (TPSA) is 47.6 Å². The van der Waals surface area contributed by atoms with E-state index in [0.29, 0.717) is 25.0 Å². The predicted molar refractivity (Wildman–Crippen MR) is 99.3 cm³/mol. The third kappa shape index (κ3) is 2.87. The van der Waals surface area contributed by atoms with E-state index in [-0.39, 0.29) is 11.9 Å². The zero-order valence-corrected chi connectivity index (χ0v) is 15.6. The van der Waals surface area contributed by atoms with Crippen LogP contribution in [0, 0.1) is 23.2 Å². The van der Waals surface area contributed by atoms with Gasteiger partial charge >= 0.3 is 0 Å². The summed E-state index contributed by atoms with van der Waals surface area (Å²) in [6.07, 6.45) is 8.71. The predicted octanol–water partition coefficient (Wildman–Crippen LogP) is 3.72. The molecule has 0 saturated heterocycles. The van der Waals surface area contributed by atoms with Crippen molar-refractivity contribution >= 4 is 5.91 Å². The number of benzene rings is 1. The monoisotopic (exact) mass is 355 g/mol. The summed E-state index contributed by atoms with van der Waals surface area (Å²) in [5, 5.41) is 3.35. The molecule has 4 aliphatic carbocycles. The van der Waals surface area contributed by atoms with Gasteiger partial charge in [0.05, 0.1) is 6.42 Å². The Bertz CT molecular complexity index is 678. The van der Waals surface area contributed by atoms with E-state index in [1.807, 2.05) is 18.2 Å². The van der Waals surface area contributed by atoms with Gasteiger partial charge in [0, 0.05) is 6.04 Å². The van der Waals surface area contributed by atoms with E-state index in [0.717, 1.165) is 34.8 Å². The molecule has 6 rings (SSSR count). The van der Waals surface area contributed by atoms with Crippen LogP contribution in [0.25, 0.3) is 0 Å². The number of hydrogen-bond acceptors (Lipinski definition) is 3. The smallest absolute Gasteiger partial charge is 0.224 e. The molecule has 4 heteroatoms. The van der Waals surface area contributed by atoms with Crippen LogP contribution in [-0.4, -0.2) is 25.2 Å². The van der Waals surface area contributed by atoms with Crippen LogP contribution in [-0.2, 0) is 11.2 Å². The summed E-state index contributed by atoms with van der Waals surface area (Å²) < 4.78 is 11.2. The maximum absolute atomic E-state index is 12.7. The summed E-state index contributed by atoms with van der Waals surface area (Å²) >= 11 is 0. The van der Waals surface area contributed by atoms with E-state index in [2.05, 4.69) is 12.2 Å². The third-order valence-corrected chi connectivity index (χ3v) is 7.35. The highest BCUT2D eigenvalue weighted by Gasteiger charge is 2.53. The van der Waals surface area contributed by atoms with Gasteiger partial charge < -0.3 is 14.8 Å². The highest BCUT2D eigenvalue weighted by atomic mass is 16.6. The largest absolute Gasteiger partial charge is 0.486 e. The van der Waals surface area contributed by atoms with Crippen LogP contribution in [0.3, 0.4) is 0 Å². The molecule has 1 N–H and O–H groups in total. The van der Waals surface area contributed by atoms with E-state index < -0.39 is 0 Å². The SMILES string of the molecule is CC(NC(=O)Cc1ccc2c(c1)OCCO2)C12CC3CC(CC(C3)C1)C2. The molecule has 1 atom stereocenters. The van der Waals surface area contributed by atoms with E-state index in [9.17, 15) is 4.79 Å². The number of rotatable bonds is 4. The first-order chi connectivity index (χ1) is 12.6. The molecule has 140 valence electrons. The number of hydrogen-bond donors (Lipinski definition) is 1. The maximum atomic E-state index is 12.7. The summed E-state index contributed by atoms with van der Waals surface area (Å²) in [6.45, 7) is 3.41. The van der Waals surface area contributed by atoms with Gasteiger partial charge in [0.15, 0.2) is 11.5 Å². The minimum absolute atomic E-state index is 0.130. The Kier molecular flexibility index (Phi) is 3.91. The highest BCUT2D eigenvalue weighted by Crippen LogP contribution is 2.61. The fourth-order valence-corrected chi connectivity index (χ4v) is 6.54. The normalized spacial score (nSPS) is 35.2. The molecule has 0 radical (unpaired) electrons. The molecule has 1 amide bonds. The third-order valence-electron chi connectivity index (χ3n) is 7.35. The van der Waals surface area contributed by atoms with Gasteiger partial charge in [-0.15, -0.1) is 0 Å². The first-order valence-corrected chi connectivity index (χ1v) is 10.3. The average molecular weight is 355 g/mol. The Morgan fingerprint density at radius 2 is 1.69 bits per heavy atom. The van der Waals surface area contributed by atoms with Crippen LogP contribution in [0.4, 0.5) is 0 Å². The van der Waals surface area contributed by atoms with Crippen molar-refractivity contribution in [1.82, 2.24) is 5.32 Å². The molecular weight excluding hydrogens is 326 g/mol. The lowest BCUT2D eigenvalue weighted by molar-refractivity contribution is -0.125. The molecule has 5 aliphatic rings.